The zero-order valence-corrected chi connectivity index (χ0v) is 12.7. The maximum absolute atomic E-state index is 12.2. The number of halogens is 1. The van der Waals surface area contributed by atoms with Crippen LogP contribution in [-0.2, 0) is 10.0 Å². The Labute approximate surface area is 123 Å². The number of nitrogens with one attached hydrogen (secondary N) is 1. The maximum Gasteiger partial charge on any atom is 0.241 e. The summed E-state index contributed by atoms with van der Waals surface area (Å²) in [5, 5.41) is 0.149. The number of benzene rings is 1. The lowest BCUT2D eigenvalue weighted by Gasteiger charge is -2.15. The van der Waals surface area contributed by atoms with Crippen LogP contribution in [0.3, 0.4) is 0 Å². The molecule has 20 heavy (non-hydrogen) atoms. The largest absolute Gasteiger partial charge is 0.244 e. The van der Waals surface area contributed by atoms with Crippen molar-refractivity contribution in [1.82, 2.24) is 9.71 Å². The Kier molecular flexibility index (Phi) is 4.42. The van der Waals surface area contributed by atoms with Gasteiger partial charge in [-0.2, -0.15) is 0 Å². The van der Waals surface area contributed by atoms with Crippen LogP contribution in [0.2, 0.25) is 5.15 Å². The van der Waals surface area contributed by atoms with Crippen molar-refractivity contribution in [3.8, 4) is 0 Å². The monoisotopic (exact) mass is 310 g/mol. The summed E-state index contributed by atoms with van der Waals surface area (Å²) in [6.45, 7) is 3.78. The van der Waals surface area contributed by atoms with Gasteiger partial charge in [-0.05, 0) is 31.5 Å². The first kappa shape index (κ1) is 15.0. The molecule has 1 unspecified atom stereocenters. The minimum atomic E-state index is -3.61. The third-order valence-electron chi connectivity index (χ3n) is 2.92. The van der Waals surface area contributed by atoms with E-state index in [1.807, 2.05) is 31.2 Å². The normalized spacial score (nSPS) is 13.2. The van der Waals surface area contributed by atoms with Gasteiger partial charge in [0, 0.05) is 12.2 Å². The number of rotatable bonds is 4. The fourth-order valence-corrected chi connectivity index (χ4v) is 3.26. The number of pyridine rings is 1. The molecule has 2 aromatic rings. The van der Waals surface area contributed by atoms with Crippen LogP contribution in [0.1, 0.15) is 24.1 Å². The molecule has 0 radical (unpaired) electrons. The van der Waals surface area contributed by atoms with E-state index in [0.29, 0.717) is 0 Å². The van der Waals surface area contributed by atoms with Crippen LogP contribution >= 0.6 is 11.6 Å². The smallest absolute Gasteiger partial charge is 0.241 e. The number of nitrogens with zero attached hydrogens (tertiary/aromatic N) is 1. The van der Waals surface area contributed by atoms with Crippen molar-refractivity contribution in [3.05, 3.63) is 58.9 Å². The topological polar surface area (TPSA) is 59.1 Å². The van der Waals surface area contributed by atoms with Crippen LogP contribution in [0.4, 0.5) is 0 Å². The molecule has 1 N–H and O–H groups in total. The van der Waals surface area contributed by atoms with Gasteiger partial charge in [0.05, 0.1) is 4.90 Å². The highest BCUT2D eigenvalue weighted by Crippen LogP contribution is 2.18. The van der Waals surface area contributed by atoms with E-state index in [9.17, 15) is 8.42 Å². The lowest BCUT2D eigenvalue weighted by atomic mass is 10.1. The molecular weight excluding hydrogens is 296 g/mol. The molecule has 0 fully saturated rings. The molecule has 4 nitrogen and oxygen atoms in total. The van der Waals surface area contributed by atoms with E-state index < -0.39 is 10.0 Å². The van der Waals surface area contributed by atoms with Crippen molar-refractivity contribution in [3.63, 3.8) is 0 Å². The summed E-state index contributed by atoms with van der Waals surface area (Å²) in [6.07, 6.45) is 1.37. The molecule has 0 spiro atoms. The number of sulfonamides is 1. The number of hydrogen-bond donors (Lipinski definition) is 1. The third-order valence-corrected chi connectivity index (χ3v) is 4.66. The molecule has 0 aliphatic carbocycles. The molecule has 1 aromatic heterocycles. The van der Waals surface area contributed by atoms with E-state index in [4.69, 9.17) is 11.6 Å². The Morgan fingerprint density at radius 1 is 1.20 bits per heavy atom. The van der Waals surface area contributed by atoms with Gasteiger partial charge in [-0.25, -0.2) is 18.1 Å². The molecule has 0 saturated heterocycles. The Morgan fingerprint density at radius 2 is 1.85 bits per heavy atom. The van der Waals surface area contributed by atoms with Crippen molar-refractivity contribution in [2.75, 3.05) is 0 Å². The van der Waals surface area contributed by atoms with E-state index >= 15 is 0 Å². The molecule has 0 aliphatic rings. The molecule has 1 aromatic carbocycles. The minimum Gasteiger partial charge on any atom is -0.244 e. The van der Waals surface area contributed by atoms with E-state index in [-0.39, 0.29) is 16.1 Å². The van der Waals surface area contributed by atoms with Crippen molar-refractivity contribution in [2.45, 2.75) is 24.8 Å². The Bertz CT molecular complexity index is 699. The zero-order chi connectivity index (χ0) is 14.8. The van der Waals surface area contributed by atoms with Crippen molar-refractivity contribution in [1.29, 1.82) is 0 Å². The second-order valence-corrected chi connectivity index (χ2v) is 6.67. The molecule has 0 bridgehead atoms. The number of hydrogen-bond acceptors (Lipinski definition) is 3. The summed E-state index contributed by atoms with van der Waals surface area (Å²) in [5.74, 6) is 0. The highest BCUT2D eigenvalue weighted by molar-refractivity contribution is 7.89. The molecular formula is C14H15ClN2O2S. The van der Waals surface area contributed by atoms with Crippen LogP contribution in [-0.4, -0.2) is 13.4 Å². The van der Waals surface area contributed by atoms with Gasteiger partial charge in [0.1, 0.15) is 5.15 Å². The van der Waals surface area contributed by atoms with Crippen molar-refractivity contribution < 1.29 is 8.42 Å². The van der Waals surface area contributed by atoms with Gasteiger partial charge in [0.15, 0.2) is 0 Å². The quantitative estimate of drug-likeness (QED) is 0.883. The van der Waals surface area contributed by atoms with Crippen LogP contribution in [0.25, 0.3) is 0 Å². The molecule has 106 valence electrons. The SMILES string of the molecule is Cc1ccc(C(C)NS(=O)(=O)c2ccnc(Cl)c2)cc1. The predicted molar refractivity (Wildman–Crippen MR) is 79.2 cm³/mol. The predicted octanol–water partition coefficient (Wildman–Crippen LogP) is 3.08. The highest BCUT2D eigenvalue weighted by Gasteiger charge is 2.18. The Hall–Kier alpha value is -1.43. The van der Waals surface area contributed by atoms with Crippen LogP contribution < -0.4 is 4.72 Å². The van der Waals surface area contributed by atoms with Crippen molar-refractivity contribution >= 4 is 21.6 Å². The highest BCUT2D eigenvalue weighted by atomic mass is 35.5. The Morgan fingerprint density at radius 3 is 2.45 bits per heavy atom. The number of aryl methyl sites for hydroxylation is 1. The summed E-state index contributed by atoms with van der Waals surface area (Å²) in [6, 6.07) is 10.1. The summed E-state index contributed by atoms with van der Waals surface area (Å²) < 4.78 is 27.1. The molecule has 0 amide bonds. The minimum absolute atomic E-state index is 0.108. The molecule has 1 atom stereocenters. The van der Waals surface area contributed by atoms with Gasteiger partial charge in [0.25, 0.3) is 0 Å². The van der Waals surface area contributed by atoms with Gasteiger partial charge < -0.3 is 0 Å². The maximum atomic E-state index is 12.2. The van der Waals surface area contributed by atoms with Crippen LogP contribution in [0, 0.1) is 6.92 Å². The van der Waals surface area contributed by atoms with E-state index in [0.717, 1.165) is 11.1 Å². The van der Waals surface area contributed by atoms with Crippen LogP contribution in [0.5, 0.6) is 0 Å². The summed E-state index contributed by atoms with van der Waals surface area (Å²) >= 11 is 5.72. The second kappa shape index (κ2) is 5.91. The first-order valence-electron chi connectivity index (χ1n) is 6.09. The molecule has 1 heterocycles. The van der Waals surface area contributed by atoms with Gasteiger partial charge in [-0.3, -0.25) is 0 Å². The average molecular weight is 311 g/mol. The number of aromatic nitrogens is 1. The summed E-state index contributed by atoms with van der Waals surface area (Å²) in [5.41, 5.74) is 2.03. The molecule has 0 aliphatic heterocycles. The molecule has 0 saturated carbocycles. The van der Waals surface area contributed by atoms with E-state index in [2.05, 4.69) is 9.71 Å². The van der Waals surface area contributed by atoms with Gasteiger partial charge in [-0.15, -0.1) is 0 Å². The van der Waals surface area contributed by atoms with Gasteiger partial charge in [0.2, 0.25) is 10.0 Å². The standard InChI is InChI=1S/C14H15ClN2O2S/c1-10-3-5-12(6-4-10)11(2)17-20(18,19)13-7-8-16-14(15)9-13/h3-9,11,17H,1-2H3. The lowest BCUT2D eigenvalue weighted by Crippen LogP contribution is -2.26. The fraction of sp³-hybridized carbons (Fsp3) is 0.214. The Balaban J connectivity index is 2.22. The van der Waals surface area contributed by atoms with Gasteiger partial charge >= 0.3 is 0 Å². The molecule has 6 heteroatoms. The van der Waals surface area contributed by atoms with Crippen LogP contribution in [0.15, 0.2) is 47.5 Å². The second-order valence-electron chi connectivity index (χ2n) is 4.57. The average Bonchev–Trinajstić information content (AvgIpc) is 2.39. The van der Waals surface area contributed by atoms with E-state index in [1.54, 1.807) is 6.92 Å². The third kappa shape index (κ3) is 3.56. The molecule has 2 rings (SSSR count). The fourth-order valence-electron chi connectivity index (χ4n) is 1.78. The van der Waals surface area contributed by atoms with Gasteiger partial charge in [-0.1, -0.05) is 41.4 Å². The lowest BCUT2D eigenvalue weighted by molar-refractivity contribution is 0.567. The van der Waals surface area contributed by atoms with E-state index in [1.165, 1.54) is 18.3 Å². The first-order chi connectivity index (χ1) is 9.38. The summed E-state index contributed by atoms with van der Waals surface area (Å²) in [4.78, 5) is 3.88. The summed E-state index contributed by atoms with van der Waals surface area (Å²) in [7, 11) is -3.61. The van der Waals surface area contributed by atoms with Crippen molar-refractivity contribution in [2.24, 2.45) is 0 Å². The first-order valence-corrected chi connectivity index (χ1v) is 7.95. The zero-order valence-electron chi connectivity index (χ0n) is 11.2.